The van der Waals surface area contributed by atoms with Gasteiger partial charge in [-0.3, -0.25) is 4.90 Å². The zero-order valence-corrected chi connectivity index (χ0v) is 14.0. The molecule has 0 saturated carbocycles. The van der Waals surface area contributed by atoms with E-state index in [1.165, 1.54) is 0 Å². The molecule has 0 radical (unpaired) electrons. The number of benzene rings is 1. The average molecular weight is 332 g/mol. The van der Waals surface area contributed by atoms with Crippen molar-refractivity contribution < 1.29 is 13.2 Å². The molecule has 2 rings (SSSR count). The summed E-state index contributed by atoms with van der Waals surface area (Å²) in [7, 11) is -2.93. The van der Waals surface area contributed by atoms with Gasteiger partial charge in [-0.2, -0.15) is 0 Å². The van der Waals surface area contributed by atoms with Crippen molar-refractivity contribution in [1.29, 1.82) is 0 Å². The number of hydrogen-bond donors (Lipinski definition) is 0. The highest BCUT2D eigenvalue weighted by Gasteiger charge is 2.27. The molecule has 1 saturated heterocycles. The number of ether oxygens (including phenoxy) is 1. The lowest BCUT2D eigenvalue weighted by atomic mass is 10.1. The summed E-state index contributed by atoms with van der Waals surface area (Å²) in [5.74, 6) is 0.402. The molecular weight excluding hydrogens is 310 g/mol. The Morgan fingerprint density at radius 2 is 2.19 bits per heavy atom. The highest BCUT2D eigenvalue weighted by Crippen LogP contribution is 2.26. The van der Waals surface area contributed by atoms with Gasteiger partial charge in [0.05, 0.1) is 18.5 Å². The number of nitrogens with zero attached hydrogens (tertiary/aromatic N) is 1. The predicted molar refractivity (Wildman–Crippen MR) is 85.5 cm³/mol. The first kappa shape index (κ1) is 16.7. The normalized spacial score (nSPS) is 24.1. The van der Waals surface area contributed by atoms with Gasteiger partial charge in [0.1, 0.15) is 0 Å². The number of rotatable bonds is 5. The van der Waals surface area contributed by atoms with Gasteiger partial charge in [-0.1, -0.05) is 30.7 Å². The van der Waals surface area contributed by atoms with Crippen LogP contribution in [-0.2, 0) is 14.6 Å². The molecule has 1 aliphatic rings. The first-order valence-corrected chi connectivity index (χ1v) is 9.43. The molecule has 1 fully saturated rings. The molecular formula is C15H22ClNO3S. The van der Waals surface area contributed by atoms with Crippen LogP contribution in [0.3, 0.4) is 0 Å². The molecule has 0 spiro atoms. The van der Waals surface area contributed by atoms with Gasteiger partial charge in [0.15, 0.2) is 9.84 Å². The number of sulfone groups is 1. The fraction of sp³-hybridized carbons (Fsp3) is 0.600. The van der Waals surface area contributed by atoms with Gasteiger partial charge in [0, 0.05) is 29.9 Å². The van der Waals surface area contributed by atoms with Crippen molar-refractivity contribution in [2.24, 2.45) is 0 Å². The van der Waals surface area contributed by atoms with E-state index in [9.17, 15) is 8.42 Å². The Hall–Kier alpha value is -0.620. The molecule has 1 aromatic rings. The quantitative estimate of drug-likeness (QED) is 0.832. The summed E-state index contributed by atoms with van der Waals surface area (Å²) >= 11 is 6.02. The van der Waals surface area contributed by atoms with Crippen molar-refractivity contribution in [3.05, 3.63) is 34.9 Å². The Morgan fingerprint density at radius 3 is 2.86 bits per heavy atom. The molecule has 2 atom stereocenters. The van der Waals surface area contributed by atoms with E-state index in [0.29, 0.717) is 24.7 Å². The lowest BCUT2D eigenvalue weighted by molar-refractivity contribution is -0.0577. The maximum absolute atomic E-state index is 11.7. The summed E-state index contributed by atoms with van der Waals surface area (Å²) in [6.45, 7) is 5.60. The summed E-state index contributed by atoms with van der Waals surface area (Å²) in [5.41, 5.74) is 1.04. The Morgan fingerprint density at radius 1 is 1.43 bits per heavy atom. The summed E-state index contributed by atoms with van der Waals surface area (Å²) < 4.78 is 29.2. The monoisotopic (exact) mass is 331 g/mol. The minimum Gasteiger partial charge on any atom is -0.371 e. The molecule has 118 valence electrons. The van der Waals surface area contributed by atoms with Gasteiger partial charge >= 0.3 is 0 Å². The second kappa shape index (κ2) is 7.09. The number of morpholine rings is 1. The number of halogens is 1. The van der Waals surface area contributed by atoms with Crippen molar-refractivity contribution in [3.8, 4) is 0 Å². The zero-order chi connectivity index (χ0) is 15.5. The van der Waals surface area contributed by atoms with Gasteiger partial charge in [-0.15, -0.1) is 0 Å². The topological polar surface area (TPSA) is 46.6 Å². The van der Waals surface area contributed by atoms with Crippen LogP contribution < -0.4 is 0 Å². The maximum Gasteiger partial charge on any atom is 0.151 e. The van der Waals surface area contributed by atoms with Gasteiger partial charge in [0.25, 0.3) is 0 Å². The van der Waals surface area contributed by atoms with Crippen LogP contribution in [0.5, 0.6) is 0 Å². The number of hydrogen-bond acceptors (Lipinski definition) is 4. The van der Waals surface area contributed by atoms with E-state index >= 15 is 0 Å². The van der Waals surface area contributed by atoms with Gasteiger partial charge < -0.3 is 4.74 Å². The Kier molecular flexibility index (Phi) is 5.66. The van der Waals surface area contributed by atoms with Gasteiger partial charge in [-0.25, -0.2) is 8.42 Å². The van der Waals surface area contributed by atoms with E-state index in [1.807, 2.05) is 24.3 Å². The second-order valence-electron chi connectivity index (χ2n) is 5.46. The van der Waals surface area contributed by atoms with Crippen LogP contribution in [0.15, 0.2) is 24.3 Å². The summed E-state index contributed by atoms with van der Waals surface area (Å²) in [6.07, 6.45) is -0.0516. The van der Waals surface area contributed by atoms with E-state index in [1.54, 1.807) is 6.92 Å². The molecule has 0 aromatic heterocycles. The molecule has 0 amide bonds. The first-order valence-electron chi connectivity index (χ1n) is 7.23. The van der Waals surface area contributed by atoms with Crippen molar-refractivity contribution >= 4 is 21.4 Å². The molecule has 4 nitrogen and oxygen atoms in total. The van der Waals surface area contributed by atoms with Crippen molar-refractivity contribution in [2.75, 3.05) is 31.2 Å². The van der Waals surface area contributed by atoms with Gasteiger partial charge in [0.2, 0.25) is 0 Å². The lowest BCUT2D eigenvalue weighted by Gasteiger charge is -2.38. The average Bonchev–Trinajstić information content (AvgIpc) is 2.46. The third kappa shape index (κ3) is 4.68. The molecule has 6 heteroatoms. The molecule has 0 aliphatic carbocycles. The second-order valence-corrected chi connectivity index (χ2v) is 8.37. The molecule has 0 unspecified atom stereocenters. The van der Waals surface area contributed by atoms with E-state index < -0.39 is 9.84 Å². The molecule has 0 N–H and O–H groups in total. The van der Waals surface area contributed by atoms with Crippen LogP contribution in [0.25, 0.3) is 0 Å². The molecule has 1 heterocycles. The third-order valence-electron chi connectivity index (χ3n) is 3.91. The lowest BCUT2D eigenvalue weighted by Crippen LogP contribution is -2.46. The summed E-state index contributed by atoms with van der Waals surface area (Å²) in [6, 6.07) is 7.87. The van der Waals surface area contributed by atoms with E-state index in [0.717, 1.165) is 5.56 Å². The first-order chi connectivity index (χ1) is 9.91. The highest BCUT2D eigenvalue weighted by molar-refractivity contribution is 7.91. The Labute approximate surface area is 132 Å². The van der Waals surface area contributed by atoms with E-state index in [-0.39, 0.29) is 23.7 Å². The predicted octanol–water partition coefficient (Wildman–Crippen LogP) is 2.54. The largest absolute Gasteiger partial charge is 0.371 e. The van der Waals surface area contributed by atoms with Crippen molar-refractivity contribution in [3.63, 3.8) is 0 Å². The third-order valence-corrected chi connectivity index (χ3v) is 5.83. The SMILES string of the molecule is CCS(=O)(=O)CCN1C[C@@H](c2cccc(Cl)c2)OC[C@@H]1C. The van der Waals surface area contributed by atoms with Gasteiger partial charge in [-0.05, 0) is 24.6 Å². The smallest absolute Gasteiger partial charge is 0.151 e. The molecule has 1 aliphatic heterocycles. The standard InChI is InChI=1S/C15H22ClNO3S/c1-3-21(18,19)8-7-17-10-15(20-11-12(17)2)13-5-4-6-14(16)9-13/h4-6,9,12,15H,3,7-8,10-11H2,1-2H3/t12-,15-/m0/s1. The van der Waals surface area contributed by atoms with Crippen LogP contribution in [0.4, 0.5) is 0 Å². The van der Waals surface area contributed by atoms with E-state index in [4.69, 9.17) is 16.3 Å². The fourth-order valence-corrected chi connectivity index (χ4v) is 3.43. The van der Waals surface area contributed by atoms with Crippen molar-refractivity contribution in [2.45, 2.75) is 26.0 Å². The minimum absolute atomic E-state index is 0.0516. The summed E-state index contributed by atoms with van der Waals surface area (Å²) in [5, 5.41) is 0.690. The van der Waals surface area contributed by atoms with Crippen molar-refractivity contribution in [1.82, 2.24) is 4.90 Å². The van der Waals surface area contributed by atoms with E-state index in [2.05, 4.69) is 11.8 Å². The molecule has 21 heavy (non-hydrogen) atoms. The van der Waals surface area contributed by atoms with Crippen LogP contribution in [0.1, 0.15) is 25.5 Å². The fourth-order valence-electron chi connectivity index (χ4n) is 2.43. The molecule has 1 aromatic carbocycles. The summed E-state index contributed by atoms with van der Waals surface area (Å²) in [4.78, 5) is 2.18. The van der Waals surface area contributed by atoms with Crippen LogP contribution in [0, 0.1) is 0 Å². The minimum atomic E-state index is -2.93. The Balaban J connectivity index is 2.02. The highest BCUT2D eigenvalue weighted by atomic mass is 35.5. The molecule has 0 bridgehead atoms. The van der Waals surface area contributed by atoms with Crippen LogP contribution >= 0.6 is 11.6 Å². The Bertz CT molecular complexity index is 576. The van der Waals surface area contributed by atoms with Crippen LogP contribution in [-0.4, -0.2) is 50.6 Å². The maximum atomic E-state index is 11.7. The zero-order valence-electron chi connectivity index (χ0n) is 12.5. The van der Waals surface area contributed by atoms with Crippen LogP contribution in [0.2, 0.25) is 5.02 Å².